The summed E-state index contributed by atoms with van der Waals surface area (Å²) in [5.74, 6) is 0.928. The van der Waals surface area contributed by atoms with Crippen LogP contribution in [0.15, 0.2) is 24.4 Å². The Bertz CT molecular complexity index is 937. The van der Waals surface area contributed by atoms with Crippen molar-refractivity contribution in [1.82, 2.24) is 19.9 Å². The first-order valence-electron chi connectivity index (χ1n) is 7.20. The van der Waals surface area contributed by atoms with E-state index in [4.69, 9.17) is 5.26 Å². The van der Waals surface area contributed by atoms with E-state index in [2.05, 4.69) is 21.0 Å². The molecule has 1 fully saturated rings. The Balaban J connectivity index is 1.81. The highest BCUT2D eigenvalue weighted by Crippen LogP contribution is 2.23. The van der Waals surface area contributed by atoms with Gasteiger partial charge < -0.3 is 9.88 Å². The van der Waals surface area contributed by atoms with E-state index < -0.39 is 0 Å². The van der Waals surface area contributed by atoms with Gasteiger partial charge in [-0.2, -0.15) is 5.26 Å². The topological polar surface area (TPSA) is 85.7 Å². The normalized spacial score (nSPS) is 14.9. The van der Waals surface area contributed by atoms with E-state index in [9.17, 15) is 4.79 Å². The number of benzene rings is 1. The molecule has 1 aliphatic heterocycles. The van der Waals surface area contributed by atoms with Crippen molar-refractivity contribution in [1.29, 1.82) is 5.26 Å². The number of likely N-dealkylation sites (tertiary alicyclic amines) is 1. The summed E-state index contributed by atoms with van der Waals surface area (Å²) in [6.07, 6.45) is 3.28. The van der Waals surface area contributed by atoms with Crippen LogP contribution in [-0.4, -0.2) is 32.3 Å². The van der Waals surface area contributed by atoms with Crippen molar-refractivity contribution in [3.63, 3.8) is 0 Å². The number of carbonyl (C=O) groups is 1. The number of hydrogen-bond acceptors (Lipinski definition) is 4. The maximum absolute atomic E-state index is 11.7. The van der Waals surface area contributed by atoms with E-state index in [1.165, 1.54) is 0 Å². The smallest absolute Gasteiger partial charge is 0.223 e. The van der Waals surface area contributed by atoms with Crippen LogP contribution in [0, 0.1) is 11.3 Å². The van der Waals surface area contributed by atoms with Gasteiger partial charge in [-0.05, 0) is 24.6 Å². The number of rotatable bonds is 2. The summed E-state index contributed by atoms with van der Waals surface area (Å²) in [6, 6.07) is 7.51. The Hall–Kier alpha value is -2.94. The summed E-state index contributed by atoms with van der Waals surface area (Å²) in [4.78, 5) is 25.8. The van der Waals surface area contributed by atoms with Gasteiger partial charge in [-0.3, -0.25) is 9.78 Å². The lowest BCUT2D eigenvalue weighted by Gasteiger charge is -2.12. The minimum atomic E-state index is 0.176. The van der Waals surface area contributed by atoms with E-state index in [0.29, 0.717) is 18.5 Å². The second-order valence-corrected chi connectivity index (χ2v) is 5.47. The molecule has 1 aromatic carbocycles. The zero-order chi connectivity index (χ0) is 15.1. The predicted molar refractivity (Wildman–Crippen MR) is 80.8 cm³/mol. The molecular weight excluding hydrogens is 278 g/mol. The number of aromatic amines is 1. The van der Waals surface area contributed by atoms with Crippen molar-refractivity contribution < 1.29 is 4.79 Å². The van der Waals surface area contributed by atoms with Crippen LogP contribution < -0.4 is 0 Å². The minimum absolute atomic E-state index is 0.176. The molecule has 6 nitrogen and oxygen atoms in total. The minimum Gasteiger partial charge on any atom is -0.339 e. The molecule has 0 atom stereocenters. The summed E-state index contributed by atoms with van der Waals surface area (Å²) in [5, 5.41) is 9.90. The maximum Gasteiger partial charge on any atom is 0.223 e. The van der Waals surface area contributed by atoms with E-state index in [1.807, 2.05) is 11.0 Å². The fourth-order valence-corrected chi connectivity index (χ4v) is 2.91. The number of nitrogens with one attached hydrogen (secondary N) is 1. The SMILES string of the molecule is N#Cc1ccc2ncc3[nH]c(CN4CCCC4=O)nc3c2c1. The number of nitriles is 1. The first kappa shape index (κ1) is 12.8. The molecule has 3 aromatic rings. The monoisotopic (exact) mass is 291 g/mol. The Morgan fingerprint density at radius 1 is 1.41 bits per heavy atom. The van der Waals surface area contributed by atoms with Crippen LogP contribution >= 0.6 is 0 Å². The van der Waals surface area contributed by atoms with Crippen LogP contribution in [-0.2, 0) is 11.3 Å². The van der Waals surface area contributed by atoms with E-state index >= 15 is 0 Å². The van der Waals surface area contributed by atoms with Crippen molar-refractivity contribution in [2.24, 2.45) is 0 Å². The van der Waals surface area contributed by atoms with Gasteiger partial charge in [-0.1, -0.05) is 0 Å². The molecule has 0 unspecified atom stereocenters. The number of pyridine rings is 1. The maximum atomic E-state index is 11.7. The first-order valence-corrected chi connectivity index (χ1v) is 7.20. The molecule has 2 aromatic heterocycles. The van der Waals surface area contributed by atoms with Crippen LogP contribution in [0.5, 0.6) is 0 Å². The number of H-pyrrole nitrogens is 1. The second-order valence-electron chi connectivity index (χ2n) is 5.47. The average Bonchev–Trinajstić information content (AvgIpc) is 3.13. The van der Waals surface area contributed by atoms with Crippen molar-refractivity contribution >= 4 is 27.8 Å². The number of amides is 1. The summed E-state index contributed by atoms with van der Waals surface area (Å²) in [7, 11) is 0. The standard InChI is InChI=1S/C16H13N5O/c17-7-10-3-4-12-11(6-10)16-13(8-18-12)19-14(20-16)9-21-5-1-2-15(21)22/h3-4,6,8H,1-2,5,9H2,(H,19,20). The van der Waals surface area contributed by atoms with E-state index in [-0.39, 0.29) is 5.91 Å². The van der Waals surface area contributed by atoms with Crippen LogP contribution in [0.25, 0.3) is 21.9 Å². The zero-order valence-corrected chi connectivity index (χ0v) is 11.8. The molecule has 0 radical (unpaired) electrons. The molecule has 0 saturated carbocycles. The Labute approximate surface area is 126 Å². The largest absolute Gasteiger partial charge is 0.339 e. The highest BCUT2D eigenvalue weighted by Gasteiger charge is 2.21. The van der Waals surface area contributed by atoms with Gasteiger partial charge >= 0.3 is 0 Å². The molecule has 1 saturated heterocycles. The highest BCUT2D eigenvalue weighted by molar-refractivity contribution is 6.02. The molecule has 108 valence electrons. The number of carbonyl (C=O) groups excluding carboxylic acids is 1. The molecule has 4 rings (SSSR count). The third-order valence-electron chi connectivity index (χ3n) is 4.01. The Morgan fingerprint density at radius 3 is 3.09 bits per heavy atom. The third-order valence-corrected chi connectivity index (χ3v) is 4.01. The van der Waals surface area contributed by atoms with Gasteiger partial charge in [0.05, 0.1) is 40.9 Å². The van der Waals surface area contributed by atoms with E-state index in [1.54, 1.807) is 18.3 Å². The number of fused-ring (bicyclic) bond motifs is 3. The predicted octanol–water partition coefficient (Wildman–Crippen LogP) is 2.11. The van der Waals surface area contributed by atoms with Gasteiger partial charge in [0.2, 0.25) is 5.91 Å². The molecule has 22 heavy (non-hydrogen) atoms. The third kappa shape index (κ3) is 1.99. The average molecular weight is 291 g/mol. The molecule has 0 spiro atoms. The van der Waals surface area contributed by atoms with Gasteiger partial charge in [-0.15, -0.1) is 0 Å². The van der Waals surface area contributed by atoms with Crippen molar-refractivity contribution in [2.45, 2.75) is 19.4 Å². The van der Waals surface area contributed by atoms with Gasteiger partial charge in [0.1, 0.15) is 5.82 Å². The number of nitrogens with zero attached hydrogens (tertiary/aromatic N) is 4. The molecule has 1 N–H and O–H groups in total. The summed E-state index contributed by atoms with van der Waals surface area (Å²) in [6.45, 7) is 1.28. The molecule has 3 heterocycles. The molecule has 0 bridgehead atoms. The van der Waals surface area contributed by atoms with Crippen LogP contribution in [0.2, 0.25) is 0 Å². The van der Waals surface area contributed by atoms with Gasteiger partial charge in [0.25, 0.3) is 0 Å². The van der Waals surface area contributed by atoms with Crippen molar-refractivity contribution in [3.8, 4) is 6.07 Å². The number of imidazole rings is 1. The second kappa shape index (κ2) is 4.81. The Morgan fingerprint density at radius 2 is 2.32 bits per heavy atom. The highest BCUT2D eigenvalue weighted by atomic mass is 16.2. The summed E-state index contributed by atoms with van der Waals surface area (Å²) in [5.41, 5.74) is 3.01. The first-order chi connectivity index (χ1) is 10.7. The fraction of sp³-hybridized carbons (Fsp3) is 0.250. The molecule has 1 aliphatic rings. The van der Waals surface area contributed by atoms with Gasteiger partial charge in [-0.25, -0.2) is 4.98 Å². The molecule has 6 heteroatoms. The lowest BCUT2D eigenvalue weighted by atomic mass is 10.1. The lowest BCUT2D eigenvalue weighted by molar-refractivity contribution is -0.128. The zero-order valence-electron chi connectivity index (χ0n) is 11.8. The lowest BCUT2D eigenvalue weighted by Crippen LogP contribution is -2.24. The van der Waals surface area contributed by atoms with Crippen molar-refractivity contribution in [3.05, 3.63) is 35.8 Å². The molecular formula is C16H13N5O. The summed E-state index contributed by atoms with van der Waals surface area (Å²) < 4.78 is 0. The van der Waals surface area contributed by atoms with Crippen LogP contribution in [0.1, 0.15) is 24.2 Å². The number of hydrogen-bond donors (Lipinski definition) is 1. The quantitative estimate of drug-likeness (QED) is 0.783. The van der Waals surface area contributed by atoms with Crippen LogP contribution in [0.4, 0.5) is 0 Å². The van der Waals surface area contributed by atoms with Crippen molar-refractivity contribution in [2.75, 3.05) is 6.54 Å². The Kier molecular flexibility index (Phi) is 2.79. The van der Waals surface area contributed by atoms with Crippen LogP contribution in [0.3, 0.4) is 0 Å². The molecule has 1 amide bonds. The fourth-order valence-electron chi connectivity index (χ4n) is 2.91. The number of aromatic nitrogens is 3. The summed E-state index contributed by atoms with van der Waals surface area (Å²) >= 11 is 0. The van der Waals surface area contributed by atoms with Gasteiger partial charge in [0.15, 0.2) is 0 Å². The van der Waals surface area contributed by atoms with E-state index in [0.717, 1.165) is 40.7 Å². The van der Waals surface area contributed by atoms with Gasteiger partial charge in [0, 0.05) is 18.4 Å². The molecule has 0 aliphatic carbocycles.